The van der Waals surface area contributed by atoms with Gasteiger partial charge in [0.25, 0.3) is 5.91 Å². The second-order valence-corrected chi connectivity index (χ2v) is 6.19. The minimum Gasteiger partial charge on any atom is -0.385 e. The maximum Gasteiger partial charge on any atom is 0.256 e. The molecule has 23 heavy (non-hydrogen) atoms. The first kappa shape index (κ1) is 15.9. The van der Waals surface area contributed by atoms with Crippen molar-refractivity contribution in [2.45, 2.75) is 25.8 Å². The highest BCUT2D eigenvalue weighted by Gasteiger charge is 2.25. The quantitative estimate of drug-likeness (QED) is 0.933. The number of imidazole rings is 1. The second-order valence-electron chi connectivity index (χ2n) is 5.75. The lowest BCUT2D eigenvalue weighted by Gasteiger charge is -2.33. The van der Waals surface area contributed by atoms with Crippen LogP contribution in [-0.4, -0.2) is 40.0 Å². The highest BCUT2D eigenvalue weighted by molar-refractivity contribution is 6.31. The summed E-state index contributed by atoms with van der Waals surface area (Å²) in [7, 11) is 0. The number of piperidine rings is 1. The lowest BCUT2D eigenvalue weighted by Crippen LogP contribution is -2.39. The van der Waals surface area contributed by atoms with Crippen LogP contribution < -0.4 is 5.32 Å². The number of carbonyl (C=O) groups is 1. The molecule has 1 saturated heterocycles. The van der Waals surface area contributed by atoms with E-state index in [1.165, 1.54) is 0 Å². The third kappa shape index (κ3) is 3.50. The summed E-state index contributed by atoms with van der Waals surface area (Å²) in [6, 6.07) is 5.86. The minimum atomic E-state index is 0.0486. The number of hydrogen-bond donors (Lipinski definition) is 1. The SMILES string of the molecule is CCNc1ccc(Cl)cc1C(=O)N1CCC(n2ccnc2)CC1. The van der Waals surface area contributed by atoms with E-state index >= 15 is 0 Å². The van der Waals surface area contributed by atoms with Crippen LogP contribution in [0.1, 0.15) is 36.2 Å². The molecule has 0 aliphatic carbocycles. The fraction of sp³-hybridized carbons (Fsp3) is 0.412. The van der Waals surface area contributed by atoms with E-state index in [0.717, 1.165) is 38.2 Å². The van der Waals surface area contributed by atoms with E-state index in [2.05, 4.69) is 14.9 Å². The van der Waals surface area contributed by atoms with Crippen LogP contribution in [0, 0.1) is 0 Å². The molecule has 3 rings (SSSR count). The molecule has 1 amide bonds. The van der Waals surface area contributed by atoms with Gasteiger partial charge in [0.1, 0.15) is 0 Å². The number of anilines is 1. The molecular formula is C17H21ClN4O. The average Bonchev–Trinajstić information content (AvgIpc) is 3.11. The molecule has 6 heteroatoms. The van der Waals surface area contributed by atoms with Crippen molar-refractivity contribution < 1.29 is 4.79 Å². The fourth-order valence-corrected chi connectivity index (χ4v) is 3.23. The number of likely N-dealkylation sites (tertiary alicyclic amines) is 1. The third-order valence-electron chi connectivity index (χ3n) is 4.28. The van der Waals surface area contributed by atoms with Gasteiger partial charge in [0.2, 0.25) is 0 Å². The van der Waals surface area contributed by atoms with E-state index in [4.69, 9.17) is 11.6 Å². The van der Waals surface area contributed by atoms with Gasteiger partial charge in [-0.1, -0.05) is 11.6 Å². The van der Waals surface area contributed by atoms with Gasteiger partial charge >= 0.3 is 0 Å². The molecular weight excluding hydrogens is 312 g/mol. The second kappa shape index (κ2) is 7.04. The standard InChI is InChI=1S/C17H21ClN4O/c1-2-20-16-4-3-13(18)11-15(16)17(23)21-8-5-14(6-9-21)22-10-7-19-12-22/h3-4,7,10-12,14,20H,2,5-6,8-9H2,1H3. The maximum absolute atomic E-state index is 12.8. The van der Waals surface area contributed by atoms with Crippen LogP contribution in [0.3, 0.4) is 0 Å². The van der Waals surface area contributed by atoms with Crippen molar-refractivity contribution in [1.29, 1.82) is 0 Å². The molecule has 0 saturated carbocycles. The molecule has 2 heterocycles. The summed E-state index contributed by atoms with van der Waals surface area (Å²) >= 11 is 6.08. The number of carbonyl (C=O) groups excluding carboxylic acids is 1. The molecule has 5 nitrogen and oxygen atoms in total. The van der Waals surface area contributed by atoms with E-state index < -0.39 is 0 Å². The summed E-state index contributed by atoms with van der Waals surface area (Å²) in [4.78, 5) is 18.9. The number of nitrogens with zero attached hydrogens (tertiary/aromatic N) is 3. The average molecular weight is 333 g/mol. The minimum absolute atomic E-state index is 0.0486. The Bertz CT molecular complexity index is 663. The Kier molecular flexibility index (Phi) is 4.86. The predicted molar refractivity (Wildman–Crippen MR) is 92.0 cm³/mol. The number of amides is 1. The molecule has 0 atom stereocenters. The summed E-state index contributed by atoms with van der Waals surface area (Å²) in [5, 5.41) is 3.82. The normalized spacial score (nSPS) is 15.7. The molecule has 1 aliphatic heterocycles. The molecule has 1 aromatic carbocycles. The summed E-state index contributed by atoms with van der Waals surface area (Å²) in [5.74, 6) is 0.0486. The number of benzene rings is 1. The smallest absolute Gasteiger partial charge is 0.256 e. The molecule has 0 unspecified atom stereocenters. The van der Waals surface area contributed by atoms with E-state index in [9.17, 15) is 4.79 Å². The van der Waals surface area contributed by atoms with E-state index in [0.29, 0.717) is 16.6 Å². The zero-order valence-electron chi connectivity index (χ0n) is 13.2. The summed E-state index contributed by atoms with van der Waals surface area (Å²) in [5.41, 5.74) is 1.50. The first-order valence-electron chi connectivity index (χ1n) is 7.99. The van der Waals surface area contributed by atoms with Crippen molar-refractivity contribution >= 4 is 23.2 Å². The summed E-state index contributed by atoms with van der Waals surface area (Å²) in [6.45, 7) is 4.28. The first-order valence-corrected chi connectivity index (χ1v) is 8.37. The Balaban J connectivity index is 1.71. The topological polar surface area (TPSA) is 50.2 Å². The number of hydrogen-bond acceptors (Lipinski definition) is 3. The molecule has 1 aliphatic rings. The number of rotatable bonds is 4. The molecule has 1 fully saturated rings. The Morgan fingerprint density at radius 2 is 2.17 bits per heavy atom. The van der Waals surface area contributed by atoms with Crippen LogP contribution in [0.4, 0.5) is 5.69 Å². The fourth-order valence-electron chi connectivity index (χ4n) is 3.06. The van der Waals surface area contributed by atoms with Gasteiger partial charge < -0.3 is 14.8 Å². The first-order chi connectivity index (χ1) is 11.2. The summed E-state index contributed by atoms with van der Waals surface area (Å²) < 4.78 is 2.13. The van der Waals surface area contributed by atoms with E-state index in [1.807, 2.05) is 36.5 Å². The van der Waals surface area contributed by atoms with Crippen molar-refractivity contribution in [3.8, 4) is 0 Å². The third-order valence-corrected chi connectivity index (χ3v) is 4.51. The van der Waals surface area contributed by atoms with Crippen molar-refractivity contribution in [1.82, 2.24) is 14.5 Å². The van der Waals surface area contributed by atoms with Crippen LogP contribution in [0.15, 0.2) is 36.9 Å². The van der Waals surface area contributed by atoms with Crippen molar-refractivity contribution in [2.75, 3.05) is 25.0 Å². The van der Waals surface area contributed by atoms with Gasteiger partial charge in [-0.2, -0.15) is 0 Å². The lowest BCUT2D eigenvalue weighted by atomic mass is 10.0. The van der Waals surface area contributed by atoms with Crippen LogP contribution in [0.2, 0.25) is 5.02 Å². The van der Waals surface area contributed by atoms with Crippen LogP contribution in [-0.2, 0) is 0 Å². The van der Waals surface area contributed by atoms with Crippen molar-refractivity contribution in [2.24, 2.45) is 0 Å². The molecule has 1 aromatic heterocycles. The van der Waals surface area contributed by atoms with Crippen molar-refractivity contribution in [3.63, 3.8) is 0 Å². The van der Waals surface area contributed by atoms with Crippen LogP contribution in [0.5, 0.6) is 0 Å². The number of nitrogens with one attached hydrogen (secondary N) is 1. The predicted octanol–water partition coefficient (Wildman–Crippen LogP) is 3.45. The van der Waals surface area contributed by atoms with Gasteiger partial charge in [0.15, 0.2) is 0 Å². The zero-order chi connectivity index (χ0) is 16.2. The Labute approximate surface area is 141 Å². The molecule has 0 spiro atoms. The number of halogens is 1. The van der Waals surface area contributed by atoms with Gasteiger partial charge in [-0.15, -0.1) is 0 Å². The molecule has 2 aromatic rings. The molecule has 0 radical (unpaired) electrons. The Morgan fingerprint density at radius 3 is 2.83 bits per heavy atom. The molecule has 122 valence electrons. The van der Waals surface area contributed by atoms with E-state index in [-0.39, 0.29) is 5.91 Å². The molecule has 0 bridgehead atoms. The highest BCUT2D eigenvalue weighted by atomic mass is 35.5. The lowest BCUT2D eigenvalue weighted by molar-refractivity contribution is 0.0695. The monoisotopic (exact) mass is 332 g/mol. The Morgan fingerprint density at radius 1 is 1.39 bits per heavy atom. The van der Waals surface area contributed by atoms with Crippen LogP contribution >= 0.6 is 11.6 Å². The van der Waals surface area contributed by atoms with Gasteiger partial charge in [-0.3, -0.25) is 4.79 Å². The Hall–Kier alpha value is -2.01. The van der Waals surface area contributed by atoms with Crippen LogP contribution in [0.25, 0.3) is 0 Å². The van der Waals surface area contributed by atoms with E-state index in [1.54, 1.807) is 12.3 Å². The summed E-state index contributed by atoms with van der Waals surface area (Å²) in [6.07, 6.45) is 7.52. The van der Waals surface area contributed by atoms with Crippen molar-refractivity contribution in [3.05, 3.63) is 47.5 Å². The van der Waals surface area contributed by atoms with Gasteiger partial charge in [-0.25, -0.2) is 4.98 Å². The van der Waals surface area contributed by atoms with Gasteiger partial charge in [-0.05, 0) is 38.0 Å². The largest absolute Gasteiger partial charge is 0.385 e. The maximum atomic E-state index is 12.8. The zero-order valence-corrected chi connectivity index (χ0v) is 14.0. The number of aromatic nitrogens is 2. The van der Waals surface area contributed by atoms with Gasteiger partial charge in [0, 0.05) is 48.8 Å². The molecule has 1 N–H and O–H groups in total. The highest BCUT2D eigenvalue weighted by Crippen LogP contribution is 2.26. The van der Waals surface area contributed by atoms with Gasteiger partial charge in [0.05, 0.1) is 11.9 Å².